The van der Waals surface area contributed by atoms with Crippen LogP contribution in [0.25, 0.3) is 6.08 Å². The maximum Gasteiger partial charge on any atom is 0.417 e. The van der Waals surface area contributed by atoms with Gasteiger partial charge < -0.3 is 5.32 Å². The third-order valence-electron chi connectivity index (χ3n) is 1.81. The van der Waals surface area contributed by atoms with E-state index in [4.69, 9.17) is 11.6 Å². The van der Waals surface area contributed by atoms with Crippen LogP contribution in [0, 0.1) is 0 Å². The lowest BCUT2D eigenvalue weighted by molar-refractivity contribution is -0.137. The van der Waals surface area contributed by atoms with Crippen molar-refractivity contribution in [2.24, 2.45) is 0 Å². The van der Waals surface area contributed by atoms with Gasteiger partial charge in [-0.1, -0.05) is 23.8 Å². The van der Waals surface area contributed by atoms with Gasteiger partial charge >= 0.3 is 6.18 Å². The Morgan fingerprint density at radius 2 is 2.19 bits per heavy atom. The van der Waals surface area contributed by atoms with Crippen molar-refractivity contribution in [3.63, 3.8) is 0 Å². The number of pyridine rings is 1. The Balaban J connectivity index is 3.00. The highest BCUT2D eigenvalue weighted by atomic mass is 35.5. The minimum Gasteiger partial charge on any atom is -0.316 e. The first kappa shape index (κ1) is 13.0. The first-order valence-corrected chi connectivity index (χ1v) is 4.87. The molecule has 0 radical (unpaired) electrons. The Morgan fingerprint density at radius 1 is 1.50 bits per heavy atom. The lowest BCUT2D eigenvalue weighted by Gasteiger charge is -2.07. The molecule has 1 aromatic heterocycles. The molecular weight excluding hydrogens is 241 g/mol. The number of hydrogen-bond donors (Lipinski definition) is 1. The summed E-state index contributed by atoms with van der Waals surface area (Å²) in [5, 5.41) is 2.89. The van der Waals surface area contributed by atoms with E-state index in [1.54, 1.807) is 13.1 Å². The number of hydrogen-bond acceptors (Lipinski definition) is 2. The number of alkyl halides is 3. The fraction of sp³-hybridized carbons (Fsp3) is 0.300. The molecule has 0 saturated carbocycles. The van der Waals surface area contributed by atoms with Crippen molar-refractivity contribution < 1.29 is 13.2 Å². The van der Waals surface area contributed by atoms with Gasteiger partial charge in [-0.15, -0.1) is 0 Å². The Hall–Kier alpha value is -1.07. The fourth-order valence-electron chi connectivity index (χ4n) is 1.04. The smallest absolute Gasteiger partial charge is 0.316 e. The summed E-state index contributed by atoms with van der Waals surface area (Å²) in [7, 11) is 1.73. The van der Waals surface area contributed by atoms with E-state index >= 15 is 0 Å². The lowest BCUT2D eigenvalue weighted by Crippen LogP contribution is -2.06. The van der Waals surface area contributed by atoms with Gasteiger partial charge in [-0.2, -0.15) is 13.2 Å². The summed E-state index contributed by atoms with van der Waals surface area (Å²) in [5.41, 5.74) is -0.548. The Kier molecular flexibility index (Phi) is 4.32. The molecule has 16 heavy (non-hydrogen) atoms. The van der Waals surface area contributed by atoms with Gasteiger partial charge in [-0.25, -0.2) is 4.98 Å². The van der Waals surface area contributed by atoms with Gasteiger partial charge in [0.05, 0.1) is 5.56 Å². The van der Waals surface area contributed by atoms with Crippen LogP contribution in [-0.2, 0) is 6.18 Å². The first-order valence-electron chi connectivity index (χ1n) is 4.49. The molecule has 1 rings (SSSR count). The maximum atomic E-state index is 12.4. The molecule has 1 N–H and O–H groups in total. The molecule has 0 spiro atoms. The van der Waals surface area contributed by atoms with E-state index in [9.17, 15) is 13.2 Å². The van der Waals surface area contributed by atoms with Gasteiger partial charge in [0.1, 0.15) is 5.15 Å². The van der Waals surface area contributed by atoms with Crippen molar-refractivity contribution in [3.8, 4) is 0 Å². The summed E-state index contributed by atoms with van der Waals surface area (Å²) >= 11 is 5.68. The zero-order chi connectivity index (χ0) is 12.2. The Labute approximate surface area is 96.1 Å². The first-order chi connectivity index (χ1) is 7.45. The van der Waals surface area contributed by atoms with Crippen LogP contribution >= 0.6 is 11.6 Å². The van der Waals surface area contributed by atoms with Crippen LogP contribution in [0.3, 0.4) is 0 Å². The highest BCUT2D eigenvalue weighted by Gasteiger charge is 2.31. The zero-order valence-electron chi connectivity index (χ0n) is 8.48. The summed E-state index contributed by atoms with van der Waals surface area (Å²) in [4.78, 5) is 3.50. The summed E-state index contributed by atoms with van der Waals surface area (Å²) in [6.45, 7) is 0.548. The molecule has 2 nitrogen and oxygen atoms in total. The van der Waals surface area contributed by atoms with Crippen LogP contribution in [0.15, 0.2) is 18.3 Å². The molecule has 0 aliphatic rings. The molecule has 6 heteroatoms. The van der Waals surface area contributed by atoms with Gasteiger partial charge in [0.25, 0.3) is 0 Å². The monoisotopic (exact) mass is 250 g/mol. The topological polar surface area (TPSA) is 24.9 Å². The van der Waals surface area contributed by atoms with Crippen LogP contribution in [0.1, 0.15) is 11.1 Å². The highest BCUT2D eigenvalue weighted by molar-refractivity contribution is 6.30. The van der Waals surface area contributed by atoms with E-state index in [-0.39, 0.29) is 10.7 Å². The minimum atomic E-state index is -4.40. The zero-order valence-corrected chi connectivity index (χ0v) is 9.23. The van der Waals surface area contributed by atoms with Gasteiger partial charge in [0.15, 0.2) is 0 Å². The minimum absolute atomic E-state index is 0.0559. The Bertz CT molecular complexity index is 388. The molecule has 0 aliphatic carbocycles. The normalized spacial score (nSPS) is 12.3. The van der Waals surface area contributed by atoms with E-state index in [1.807, 2.05) is 0 Å². The molecule has 0 saturated heterocycles. The summed E-state index contributed by atoms with van der Waals surface area (Å²) in [6.07, 6.45) is -0.509. The van der Waals surface area contributed by atoms with Crippen molar-refractivity contribution >= 4 is 17.7 Å². The van der Waals surface area contributed by atoms with E-state index < -0.39 is 11.7 Å². The number of halogens is 4. The molecule has 1 heterocycles. The number of aromatic nitrogens is 1. The van der Waals surface area contributed by atoms with Gasteiger partial charge in [-0.3, -0.25) is 0 Å². The molecule has 88 valence electrons. The second kappa shape index (κ2) is 5.32. The summed E-state index contributed by atoms with van der Waals surface area (Å²) in [6, 6.07) is 0.974. The van der Waals surface area contributed by atoms with E-state index in [0.29, 0.717) is 6.54 Å². The molecule has 0 bridgehead atoms. The summed E-state index contributed by atoms with van der Waals surface area (Å²) < 4.78 is 37.1. The van der Waals surface area contributed by atoms with Gasteiger partial charge in [-0.05, 0) is 13.1 Å². The summed E-state index contributed by atoms with van der Waals surface area (Å²) in [5.74, 6) is 0. The standard InChI is InChI=1S/C10H10ClF3N2/c1-15-4-2-3-7-5-8(10(12,13)14)6-16-9(7)11/h2-3,5-6,15H,4H2,1H3. The van der Waals surface area contributed by atoms with Crippen LogP contribution in [0.4, 0.5) is 13.2 Å². The van der Waals surface area contributed by atoms with E-state index in [1.165, 1.54) is 6.08 Å². The molecule has 0 fully saturated rings. The average molecular weight is 251 g/mol. The van der Waals surface area contributed by atoms with E-state index in [0.717, 1.165) is 12.3 Å². The van der Waals surface area contributed by atoms with Crippen molar-refractivity contribution in [1.82, 2.24) is 10.3 Å². The molecule has 1 aromatic rings. The second-order valence-electron chi connectivity index (χ2n) is 3.06. The van der Waals surface area contributed by atoms with Crippen molar-refractivity contribution in [1.29, 1.82) is 0 Å². The third kappa shape index (κ3) is 3.50. The molecule has 0 aromatic carbocycles. The lowest BCUT2D eigenvalue weighted by atomic mass is 10.2. The largest absolute Gasteiger partial charge is 0.417 e. The molecule has 0 aliphatic heterocycles. The molecule has 0 amide bonds. The SMILES string of the molecule is CNCC=Cc1cc(C(F)(F)F)cnc1Cl. The number of nitrogens with one attached hydrogen (secondary N) is 1. The van der Waals surface area contributed by atoms with Gasteiger partial charge in [0, 0.05) is 18.3 Å². The number of likely N-dealkylation sites (N-methyl/N-ethyl adjacent to an activating group) is 1. The second-order valence-corrected chi connectivity index (χ2v) is 3.42. The van der Waals surface area contributed by atoms with Crippen molar-refractivity contribution in [3.05, 3.63) is 34.6 Å². The van der Waals surface area contributed by atoms with E-state index in [2.05, 4.69) is 10.3 Å². The number of nitrogens with zero attached hydrogens (tertiary/aromatic N) is 1. The fourth-order valence-corrected chi connectivity index (χ4v) is 1.21. The third-order valence-corrected chi connectivity index (χ3v) is 2.13. The predicted octanol–water partition coefficient (Wildman–Crippen LogP) is 2.99. The predicted molar refractivity (Wildman–Crippen MR) is 57.2 cm³/mol. The maximum absolute atomic E-state index is 12.4. The van der Waals surface area contributed by atoms with Gasteiger partial charge in [0.2, 0.25) is 0 Å². The van der Waals surface area contributed by atoms with Crippen molar-refractivity contribution in [2.45, 2.75) is 6.18 Å². The molecule has 0 atom stereocenters. The van der Waals surface area contributed by atoms with Crippen molar-refractivity contribution in [2.75, 3.05) is 13.6 Å². The van der Waals surface area contributed by atoms with Crippen LogP contribution in [0.5, 0.6) is 0 Å². The molecular formula is C10H10ClF3N2. The Morgan fingerprint density at radius 3 is 2.75 bits per heavy atom. The highest BCUT2D eigenvalue weighted by Crippen LogP contribution is 2.30. The van der Waals surface area contributed by atoms with Crippen LogP contribution in [-0.4, -0.2) is 18.6 Å². The average Bonchev–Trinajstić information content (AvgIpc) is 2.19. The molecule has 0 unspecified atom stereocenters. The van der Waals surface area contributed by atoms with Crippen LogP contribution < -0.4 is 5.32 Å². The number of rotatable bonds is 3. The van der Waals surface area contributed by atoms with Crippen LogP contribution in [0.2, 0.25) is 5.15 Å². The quantitative estimate of drug-likeness (QED) is 0.835.